The number of nitrogens with one attached hydrogen (secondary N) is 1. The molecular formula is C19H17F5N4O3S. The fraction of sp³-hybridized carbons (Fsp3) is 0.368. The number of sulfonamides is 1. The molecule has 172 valence electrons. The predicted molar refractivity (Wildman–Crippen MR) is 104 cm³/mol. The average Bonchev–Trinajstić information content (AvgIpc) is 3.05. The number of hydrogen-bond acceptors (Lipinski definition) is 5. The summed E-state index contributed by atoms with van der Waals surface area (Å²) in [5, 5.41) is 7.38. The molecule has 32 heavy (non-hydrogen) atoms. The number of halogens is 5. The topological polar surface area (TPSA) is 105 Å². The van der Waals surface area contributed by atoms with Crippen molar-refractivity contribution in [1.82, 2.24) is 4.98 Å². The van der Waals surface area contributed by atoms with Crippen LogP contribution in [-0.4, -0.2) is 38.3 Å². The first-order valence-corrected chi connectivity index (χ1v) is 10.9. The maximum atomic E-state index is 13.7. The van der Waals surface area contributed by atoms with Gasteiger partial charge >= 0.3 is 6.18 Å². The van der Waals surface area contributed by atoms with E-state index in [1.165, 1.54) is 23.1 Å². The van der Waals surface area contributed by atoms with Crippen molar-refractivity contribution in [2.45, 2.75) is 23.4 Å². The predicted octanol–water partition coefficient (Wildman–Crippen LogP) is 3.09. The minimum Gasteiger partial charge on any atom is -0.355 e. The Labute approximate surface area is 179 Å². The van der Waals surface area contributed by atoms with Gasteiger partial charge in [0.05, 0.1) is 16.0 Å². The number of amides is 1. The molecule has 2 atom stereocenters. The van der Waals surface area contributed by atoms with Gasteiger partial charge in [0.15, 0.2) is 0 Å². The Morgan fingerprint density at radius 3 is 2.53 bits per heavy atom. The quantitative estimate of drug-likeness (QED) is 0.660. The van der Waals surface area contributed by atoms with Crippen molar-refractivity contribution in [1.29, 1.82) is 0 Å². The van der Waals surface area contributed by atoms with Crippen LogP contribution < -0.4 is 15.4 Å². The van der Waals surface area contributed by atoms with E-state index in [-0.39, 0.29) is 41.8 Å². The molecule has 3 N–H and O–H groups in total. The third kappa shape index (κ3) is 4.13. The molecule has 0 bridgehead atoms. The molecule has 2 aromatic rings. The van der Waals surface area contributed by atoms with Gasteiger partial charge in [0.1, 0.15) is 5.82 Å². The first-order chi connectivity index (χ1) is 14.8. The number of nitrogens with two attached hydrogens (primary N) is 1. The molecule has 1 saturated heterocycles. The van der Waals surface area contributed by atoms with E-state index in [0.717, 1.165) is 6.07 Å². The highest BCUT2D eigenvalue weighted by atomic mass is 32.2. The number of benzene rings is 1. The minimum absolute atomic E-state index is 0.0297. The maximum absolute atomic E-state index is 13.7. The van der Waals surface area contributed by atoms with Crippen molar-refractivity contribution in [3.05, 3.63) is 47.7 Å². The van der Waals surface area contributed by atoms with Gasteiger partial charge in [-0.3, -0.25) is 4.79 Å². The number of alkyl halides is 5. The van der Waals surface area contributed by atoms with Gasteiger partial charge in [-0.15, -0.1) is 0 Å². The zero-order valence-corrected chi connectivity index (χ0v) is 17.1. The number of nitrogens with zero attached hydrogens (tertiary/aromatic N) is 2. The number of pyridine rings is 1. The molecule has 2 fully saturated rings. The van der Waals surface area contributed by atoms with Gasteiger partial charge in [0, 0.05) is 37.3 Å². The van der Waals surface area contributed by atoms with Crippen molar-refractivity contribution in [2.24, 2.45) is 17.0 Å². The van der Waals surface area contributed by atoms with Gasteiger partial charge in [0.2, 0.25) is 10.0 Å². The molecule has 2 heterocycles. The number of hydrogen-bond donors (Lipinski definition) is 2. The van der Waals surface area contributed by atoms with E-state index < -0.39 is 45.1 Å². The highest BCUT2D eigenvalue weighted by Crippen LogP contribution is 2.53. The van der Waals surface area contributed by atoms with Crippen LogP contribution >= 0.6 is 0 Å². The summed E-state index contributed by atoms with van der Waals surface area (Å²) in [5.41, 5.74) is -1.68. The Hall–Kier alpha value is -2.80. The fourth-order valence-electron chi connectivity index (χ4n) is 4.05. The smallest absolute Gasteiger partial charge is 0.355 e. The Bertz CT molecular complexity index is 1190. The number of rotatable bonds is 4. The van der Waals surface area contributed by atoms with E-state index in [0.29, 0.717) is 12.3 Å². The lowest BCUT2D eigenvalue weighted by atomic mass is 9.72. The summed E-state index contributed by atoms with van der Waals surface area (Å²) in [7, 11) is -4.08. The molecule has 1 saturated carbocycles. The van der Waals surface area contributed by atoms with Crippen molar-refractivity contribution in [3.8, 4) is 0 Å². The number of carbonyl (C=O) groups is 1. The number of anilines is 2. The molecule has 2 unspecified atom stereocenters. The second-order valence-corrected chi connectivity index (χ2v) is 9.42. The molecule has 0 spiro atoms. The van der Waals surface area contributed by atoms with Gasteiger partial charge < -0.3 is 10.2 Å². The van der Waals surface area contributed by atoms with Crippen LogP contribution in [0.4, 0.5) is 33.5 Å². The molecule has 2 aliphatic rings. The summed E-state index contributed by atoms with van der Waals surface area (Å²) in [6, 6.07) is 5.44. The van der Waals surface area contributed by atoms with Crippen LogP contribution in [0.15, 0.2) is 41.4 Å². The number of carbonyl (C=O) groups excluding carboxylic acids is 1. The minimum atomic E-state index is -4.79. The largest absolute Gasteiger partial charge is 0.417 e. The first kappa shape index (κ1) is 22.4. The molecule has 1 aliphatic heterocycles. The van der Waals surface area contributed by atoms with Crippen LogP contribution in [0.5, 0.6) is 0 Å². The maximum Gasteiger partial charge on any atom is 0.417 e. The Balaban J connectivity index is 1.68. The van der Waals surface area contributed by atoms with E-state index in [1.807, 2.05) is 0 Å². The van der Waals surface area contributed by atoms with E-state index in [9.17, 15) is 35.2 Å². The molecule has 0 radical (unpaired) electrons. The lowest BCUT2D eigenvalue weighted by Crippen LogP contribution is -2.46. The molecule has 4 rings (SSSR count). The Morgan fingerprint density at radius 2 is 1.94 bits per heavy atom. The molecule has 1 aromatic heterocycles. The van der Waals surface area contributed by atoms with Crippen molar-refractivity contribution >= 4 is 27.4 Å². The van der Waals surface area contributed by atoms with Crippen molar-refractivity contribution in [2.75, 3.05) is 23.3 Å². The van der Waals surface area contributed by atoms with Crippen molar-refractivity contribution in [3.63, 3.8) is 0 Å². The number of aromatic nitrogens is 1. The Kier molecular flexibility index (Phi) is 5.16. The summed E-state index contributed by atoms with van der Waals surface area (Å²) < 4.78 is 90.2. The summed E-state index contributed by atoms with van der Waals surface area (Å²) in [6.07, 6.45) is -4.56. The average molecular weight is 476 g/mol. The zero-order valence-electron chi connectivity index (χ0n) is 16.2. The second-order valence-electron chi connectivity index (χ2n) is 7.86. The fourth-order valence-corrected chi connectivity index (χ4v) is 4.61. The molecule has 1 aromatic carbocycles. The van der Waals surface area contributed by atoms with E-state index >= 15 is 0 Å². The molecule has 1 aliphatic carbocycles. The van der Waals surface area contributed by atoms with Crippen molar-refractivity contribution < 1.29 is 35.2 Å². The van der Waals surface area contributed by atoms with Gasteiger partial charge in [-0.1, -0.05) is 6.07 Å². The standard InChI is InChI=1S/C19H17F5N4O3S/c20-18(21)6-10-8-28(9-15(10)18)16-14(4-11(7-26-16)19(22,23)24)17(29)27-12-2-1-3-13(5-12)32(25,30)31/h1-5,7,10,15H,6,8-9H2,(H,27,29)(H2,25,30,31). The third-order valence-corrected chi connectivity index (χ3v) is 6.59. The van der Waals surface area contributed by atoms with Gasteiger partial charge in [-0.2, -0.15) is 13.2 Å². The van der Waals surface area contributed by atoms with Crippen LogP contribution in [0.1, 0.15) is 22.3 Å². The summed E-state index contributed by atoms with van der Waals surface area (Å²) in [4.78, 5) is 17.7. The molecule has 1 amide bonds. The van der Waals surface area contributed by atoms with Crippen LogP contribution in [0.2, 0.25) is 0 Å². The van der Waals surface area contributed by atoms with Crippen LogP contribution in [0, 0.1) is 11.8 Å². The molecule has 7 nitrogen and oxygen atoms in total. The Morgan fingerprint density at radius 1 is 1.22 bits per heavy atom. The van der Waals surface area contributed by atoms with Crippen LogP contribution in [0.25, 0.3) is 0 Å². The second kappa shape index (κ2) is 7.37. The highest BCUT2D eigenvalue weighted by Gasteiger charge is 2.60. The van der Waals surface area contributed by atoms with Crippen LogP contribution in [-0.2, 0) is 16.2 Å². The van der Waals surface area contributed by atoms with E-state index in [2.05, 4.69) is 10.3 Å². The van der Waals surface area contributed by atoms with Gasteiger partial charge in [-0.25, -0.2) is 27.3 Å². The third-order valence-electron chi connectivity index (χ3n) is 5.68. The normalized spacial score (nSPS) is 22.2. The zero-order chi connectivity index (χ0) is 23.5. The lowest BCUT2D eigenvalue weighted by Gasteiger charge is -2.38. The number of primary sulfonamides is 1. The molecule has 13 heteroatoms. The first-order valence-electron chi connectivity index (χ1n) is 9.40. The lowest BCUT2D eigenvalue weighted by molar-refractivity contribution is -0.152. The van der Waals surface area contributed by atoms with Gasteiger partial charge in [0.25, 0.3) is 11.8 Å². The van der Waals surface area contributed by atoms with E-state index in [1.54, 1.807) is 0 Å². The van der Waals surface area contributed by atoms with Crippen LogP contribution in [0.3, 0.4) is 0 Å². The molecular weight excluding hydrogens is 459 g/mol. The number of fused-ring (bicyclic) bond motifs is 1. The summed E-state index contributed by atoms with van der Waals surface area (Å²) >= 11 is 0. The highest BCUT2D eigenvalue weighted by molar-refractivity contribution is 7.89. The SMILES string of the molecule is NS(=O)(=O)c1cccc(NC(=O)c2cc(C(F)(F)F)cnc2N2CC3CC(F)(F)C3C2)c1. The summed E-state index contributed by atoms with van der Waals surface area (Å²) in [6.45, 7) is -0.00296. The summed E-state index contributed by atoms with van der Waals surface area (Å²) in [5.74, 6) is -5.30. The monoisotopic (exact) mass is 476 g/mol. The van der Waals surface area contributed by atoms with E-state index in [4.69, 9.17) is 5.14 Å². The van der Waals surface area contributed by atoms with Gasteiger partial charge in [-0.05, 0) is 30.2 Å².